The standard InChI is InChI=1S/C26H27F3O5/c1-18(2)26(31)33-14-6-4-3-5-13-32-21-10-7-19(8-11-21)9-12-24(30)34-17-20-15-22(27)25(29)23(28)16-20/h7-12,15-16H,1,3-6,13-14,17H2,2H3/b12-9+. The molecule has 0 saturated heterocycles. The van der Waals surface area contributed by atoms with Crippen molar-refractivity contribution in [3.8, 4) is 5.75 Å². The van der Waals surface area contributed by atoms with Crippen LogP contribution in [-0.4, -0.2) is 25.2 Å². The second-order valence-corrected chi connectivity index (χ2v) is 7.56. The van der Waals surface area contributed by atoms with E-state index in [1.807, 2.05) is 0 Å². The molecular weight excluding hydrogens is 449 g/mol. The molecule has 5 nitrogen and oxygen atoms in total. The van der Waals surface area contributed by atoms with Crippen LogP contribution in [0.3, 0.4) is 0 Å². The second kappa shape index (κ2) is 13.9. The van der Waals surface area contributed by atoms with E-state index in [2.05, 4.69) is 6.58 Å². The van der Waals surface area contributed by atoms with E-state index >= 15 is 0 Å². The molecule has 2 aromatic rings. The number of carbonyl (C=O) groups excluding carboxylic acids is 2. The van der Waals surface area contributed by atoms with E-state index in [9.17, 15) is 22.8 Å². The zero-order valence-corrected chi connectivity index (χ0v) is 19.0. The van der Waals surface area contributed by atoms with E-state index < -0.39 is 23.4 Å². The molecule has 8 heteroatoms. The van der Waals surface area contributed by atoms with Crippen LogP contribution in [0.5, 0.6) is 5.75 Å². The molecule has 0 aromatic heterocycles. The molecule has 34 heavy (non-hydrogen) atoms. The molecule has 0 N–H and O–H groups in total. The third kappa shape index (κ3) is 9.52. The Balaban J connectivity index is 1.64. The van der Waals surface area contributed by atoms with Crippen LogP contribution in [-0.2, 0) is 25.7 Å². The van der Waals surface area contributed by atoms with Gasteiger partial charge in [0.15, 0.2) is 17.5 Å². The first-order chi connectivity index (χ1) is 16.3. The average Bonchev–Trinajstić information content (AvgIpc) is 2.81. The summed E-state index contributed by atoms with van der Waals surface area (Å²) in [6, 6.07) is 8.61. The van der Waals surface area contributed by atoms with Gasteiger partial charge in [-0.15, -0.1) is 0 Å². The van der Waals surface area contributed by atoms with Gasteiger partial charge in [0.25, 0.3) is 0 Å². The Bertz CT molecular complexity index is 993. The van der Waals surface area contributed by atoms with Gasteiger partial charge < -0.3 is 14.2 Å². The van der Waals surface area contributed by atoms with Gasteiger partial charge in [-0.1, -0.05) is 18.7 Å². The Hall–Kier alpha value is -3.55. The molecule has 0 aliphatic carbocycles. The van der Waals surface area contributed by atoms with Crippen molar-refractivity contribution in [3.05, 3.63) is 83.2 Å². The van der Waals surface area contributed by atoms with E-state index in [0.29, 0.717) is 24.5 Å². The van der Waals surface area contributed by atoms with Crippen LogP contribution in [0.25, 0.3) is 6.08 Å². The molecule has 0 heterocycles. The van der Waals surface area contributed by atoms with Crippen LogP contribution in [0.2, 0.25) is 0 Å². The number of benzene rings is 2. The molecule has 0 radical (unpaired) electrons. The van der Waals surface area contributed by atoms with Crippen molar-refractivity contribution < 1.29 is 37.0 Å². The van der Waals surface area contributed by atoms with Gasteiger partial charge in [-0.25, -0.2) is 22.8 Å². The van der Waals surface area contributed by atoms with Crippen LogP contribution in [0.4, 0.5) is 13.2 Å². The molecule has 0 amide bonds. The average molecular weight is 476 g/mol. The summed E-state index contributed by atoms with van der Waals surface area (Å²) in [4.78, 5) is 23.0. The largest absolute Gasteiger partial charge is 0.494 e. The fraction of sp³-hybridized carbons (Fsp3) is 0.308. The van der Waals surface area contributed by atoms with Gasteiger partial charge in [-0.3, -0.25) is 0 Å². The van der Waals surface area contributed by atoms with Gasteiger partial charge in [-0.2, -0.15) is 0 Å². The van der Waals surface area contributed by atoms with Gasteiger partial charge in [-0.05, 0) is 74.1 Å². The maximum Gasteiger partial charge on any atom is 0.333 e. The van der Waals surface area contributed by atoms with Crippen LogP contribution in [0.15, 0.2) is 54.6 Å². The minimum atomic E-state index is -1.57. The SMILES string of the molecule is C=C(C)C(=O)OCCCCCCOc1ccc(/C=C/C(=O)OCc2cc(F)c(F)c(F)c2)cc1. The van der Waals surface area contributed by atoms with Crippen LogP contribution in [0, 0.1) is 17.5 Å². The maximum atomic E-state index is 13.2. The summed E-state index contributed by atoms with van der Waals surface area (Å²) in [6.45, 7) is 5.69. The lowest BCUT2D eigenvalue weighted by atomic mass is 10.2. The Morgan fingerprint density at radius 2 is 1.53 bits per heavy atom. The number of ether oxygens (including phenoxy) is 3. The molecule has 182 valence electrons. The van der Waals surface area contributed by atoms with E-state index in [0.717, 1.165) is 43.4 Å². The summed E-state index contributed by atoms with van der Waals surface area (Å²) in [6.07, 6.45) is 6.24. The number of hydrogen-bond donors (Lipinski definition) is 0. The van der Waals surface area contributed by atoms with Crippen LogP contribution >= 0.6 is 0 Å². The quantitative estimate of drug-likeness (QED) is 0.155. The third-order valence-electron chi connectivity index (χ3n) is 4.61. The molecule has 0 fully saturated rings. The normalized spacial score (nSPS) is 10.8. The van der Waals surface area contributed by atoms with Crippen LogP contribution in [0.1, 0.15) is 43.7 Å². The summed E-state index contributed by atoms with van der Waals surface area (Å²) in [5, 5.41) is 0. The van der Waals surface area contributed by atoms with Gasteiger partial charge in [0, 0.05) is 11.6 Å². The lowest BCUT2D eigenvalue weighted by Crippen LogP contribution is -2.06. The highest BCUT2D eigenvalue weighted by atomic mass is 19.2. The number of hydrogen-bond acceptors (Lipinski definition) is 5. The van der Waals surface area contributed by atoms with Crippen molar-refractivity contribution >= 4 is 18.0 Å². The Morgan fingerprint density at radius 1 is 0.912 bits per heavy atom. The zero-order chi connectivity index (χ0) is 24.9. The molecule has 0 saturated carbocycles. The van der Waals surface area contributed by atoms with Gasteiger partial charge >= 0.3 is 11.9 Å². The molecule has 0 aliphatic rings. The number of unbranched alkanes of at least 4 members (excludes halogenated alkanes) is 3. The first kappa shape index (κ1) is 26.7. The van der Waals surface area contributed by atoms with Crippen molar-refractivity contribution in [2.24, 2.45) is 0 Å². The van der Waals surface area contributed by atoms with Crippen molar-refractivity contribution in [2.75, 3.05) is 13.2 Å². The number of halogens is 3. The number of esters is 2. The van der Waals surface area contributed by atoms with E-state index in [-0.39, 0.29) is 18.1 Å². The Labute approximate surface area is 196 Å². The van der Waals surface area contributed by atoms with Crippen molar-refractivity contribution in [2.45, 2.75) is 39.2 Å². The van der Waals surface area contributed by atoms with E-state index in [1.54, 1.807) is 31.2 Å². The van der Waals surface area contributed by atoms with Crippen molar-refractivity contribution in [3.63, 3.8) is 0 Å². The lowest BCUT2D eigenvalue weighted by Gasteiger charge is -2.07. The maximum absolute atomic E-state index is 13.2. The number of carbonyl (C=O) groups is 2. The molecule has 0 unspecified atom stereocenters. The molecule has 0 bridgehead atoms. The van der Waals surface area contributed by atoms with E-state index in [4.69, 9.17) is 14.2 Å². The monoisotopic (exact) mass is 476 g/mol. The highest BCUT2D eigenvalue weighted by Gasteiger charge is 2.11. The molecule has 0 atom stereocenters. The summed E-state index contributed by atoms with van der Waals surface area (Å²) in [7, 11) is 0. The molecule has 0 spiro atoms. The predicted octanol–water partition coefficient (Wildman–Crippen LogP) is 5.92. The van der Waals surface area contributed by atoms with Gasteiger partial charge in [0.1, 0.15) is 12.4 Å². The molecular formula is C26H27F3O5. The first-order valence-electron chi connectivity index (χ1n) is 10.8. The molecule has 0 aliphatic heterocycles. The second-order valence-electron chi connectivity index (χ2n) is 7.56. The molecule has 2 rings (SSSR count). The minimum absolute atomic E-state index is 0.00543. The Morgan fingerprint density at radius 3 is 2.15 bits per heavy atom. The Kier molecular flexibility index (Phi) is 10.9. The highest BCUT2D eigenvalue weighted by Crippen LogP contribution is 2.16. The van der Waals surface area contributed by atoms with Crippen molar-refractivity contribution in [1.82, 2.24) is 0 Å². The third-order valence-corrected chi connectivity index (χ3v) is 4.61. The minimum Gasteiger partial charge on any atom is -0.494 e. The lowest BCUT2D eigenvalue weighted by molar-refractivity contribution is -0.139. The first-order valence-corrected chi connectivity index (χ1v) is 10.8. The summed E-state index contributed by atoms with van der Waals surface area (Å²) >= 11 is 0. The highest BCUT2D eigenvalue weighted by molar-refractivity contribution is 5.87. The summed E-state index contributed by atoms with van der Waals surface area (Å²) in [5.41, 5.74) is 1.13. The molecule has 2 aromatic carbocycles. The van der Waals surface area contributed by atoms with E-state index in [1.165, 1.54) is 12.2 Å². The number of rotatable bonds is 13. The summed E-state index contributed by atoms with van der Waals surface area (Å²) < 4.78 is 54.9. The fourth-order valence-corrected chi connectivity index (χ4v) is 2.77. The van der Waals surface area contributed by atoms with Crippen LogP contribution < -0.4 is 4.74 Å². The van der Waals surface area contributed by atoms with Gasteiger partial charge in [0.2, 0.25) is 0 Å². The van der Waals surface area contributed by atoms with Gasteiger partial charge in [0.05, 0.1) is 13.2 Å². The smallest absolute Gasteiger partial charge is 0.333 e. The topological polar surface area (TPSA) is 61.8 Å². The zero-order valence-electron chi connectivity index (χ0n) is 19.0. The summed E-state index contributed by atoms with van der Waals surface area (Å²) in [5.74, 6) is -4.63. The van der Waals surface area contributed by atoms with Crippen molar-refractivity contribution in [1.29, 1.82) is 0 Å². The fourth-order valence-electron chi connectivity index (χ4n) is 2.77. The predicted molar refractivity (Wildman–Crippen MR) is 121 cm³/mol.